The number of nitrogens with zero attached hydrogens (tertiary/aromatic N) is 3. The minimum atomic E-state index is -0.358. The molecular formula is C14H20BN3O2. The van der Waals surface area contributed by atoms with Gasteiger partial charge in [0, 0.05) is 4.91 Å². The summed E-state index contributed by atoms with van der Waals surface area (Å²) in [7, 11) is -0.358. The molecule has 1 aliphatic rings. The third-order valence-corrected chi connectivity index (χ3v) is 4.17. The van der Waals surface area contributed by atoms with Crippen LogP contribution >= 0.6 is 0 Å². The zero-order valence-electron chi connectivity index (χ0n) is 12.6. The van der Waals surface area contributed by atoms with Crippen molar-refractivity contribution in [2.75, 3.05) is 0 Å². The molecule has 1 aromatic rings. The molecule has 1 saturated heterocycles. The normalized spacial score (nSPS) is 21.4. The number of rotatable bonds is 3. The number of azide groups is 1. The van der Waals surface area contributed by atoms with Crippen molar-refractivity contribution in [2.24, 2.45) is 5.11 Å². The van der Waals surface area contributed by atoms with Gasteiger partial charge in [-0.05, 0) is 44.3 Å². The first kappa shape index (κ1) is 14.9. The first-order valence-electron chi connectivity index (χ1n) is 6.76. The highest BCUT2D eigenvalue weighted by atomic mass is 16.7. The standard InChI is InChI=1S/C14H20BN3O2/c1-10(17-18-16)11-6-8-12(9-7-11)15-19-13(2,3)14(4,5)20-15/h6-10H,1-5H3/t10-/m0/s1. The van der Waals surface area contributed by atoms with E-state index in [9.17, 15) is 0 Å². The quantitative estimate of drug-likeness (QED) is 0.367. The fraction of sp³-hybridized carbons (Fsp3) is 0.571. The van der Waals surface area contributed by atoms with Crippen LogP contribution in [0, 0.1) is 0 Å². The van der Waals surface area contributed by atoms with Crippen molar-refractivity contribution in [1.82, 2.24) is 0 Å². The van der Waals surface area contributed by atoms with Gasteiger partial charge < -0.3 is 9.31 Å². The Balaban J connectivity index is 2.18. The summed E-state index contributed by atoms with van der Waals surface area (Å²) in [6, 6.07) is 7.63. The van der Waals surface area contributed by atoms with Crippen molar-refractivity contribution in [3.05, 3.63) is 40.3 Å². The van der Waals surface area contributed by atoms with Gasteiger partial charge in [-0.3, -0.25) is 0 Å². The molecule has 0 bridgehead atoms. The van der Waals surface area contributed by atoms with E-state index in [-0.39, 0.29) is 24.4 Å². The molecular weight excluding hydrogens is 253 g/mol. The highest BCUT2D eigenvalue weighted by molar-refractivity contribution is 6.62. The first-order valence-corrected chi connectivity index (χ1v) is 6.76. The van der Waals surface area contributed by atoms with Gasteiger partial charge in [0.05, 0.1) is 17.2 Å². The summed E-state index contributed by atoms with van der Waals surface area (Å²) in [6.07, 6.45) is 0. The number of hydrogen-bond acceptors (Lipinski definition) is 3. The zero-order valence-corrected chi connectivity index (χ0v) is 12.6. The summed E-state index contributed by atoms with van der Waals surface area (Å²) in [5.74, 6) is 0. The van der Waals surface area contributed by atoms with Gasteiger partial charge in [0.2, 0.25) is 0 Å². The molecule has 1 fully saturated rings. The highest BCUT2D eigenvalue weighted by Crippen LogP contribution is 2.36. The predicted octanol–water partition coefficient (Wildman–Crippen LogP) is 3.36. The van der Waals surface area contributed by atoms with Crippen LogP contribution < -0.4 is 5.46 Å². The smallest absolute Gasteiger partial charge is 0.399 e. The lowest BCUT2D eigenvalue weighted by Crippen LogP contribution is -2.41. The van der Waals surface area contributed by atoms with Crippen LogP contribution in [0.4, 0.5) is 0 Å². The molecule has 0 amide bonds. The molecule has 1 aliphatic heterocycles. The molecule has 1 aromatic carbocycles. The Kier molecular flexibility index (Phi) is 3.83. The third-order valence-electron chi connectivity index (χ3n) is 4.17. The van der Waals surface area contributed by atoms with Crippen LogP contribution in [0.3, 0.4) is 0 Å². The van der Waals surface area contributed by atoms with Gasteiger partial charge in [0.25, 0.3) is 0 Å². The van der Waals surface area contributed by atoms with E-state index in [4.69, 9.17) is 14.8 Å². The van der Waals surface area contributed by atoms with Crippen LogP contribution in [0.25, 0.3) is 10.4 Å². The Morgan fingerprint density at radius 3 is 2.05 bits per heavy atom. The van der Waals surface area contributed by atoms with E-state index in [1.807, 2.05) is 58.9 Å². The zero-order chi connectivity index (χ0) is 15.0. The van der Waals surface area contributed by atoms with Gasteiger partial charge in [-0.15, -0.1) is 0 Å². The van der Waals surface area contributed by atoms with Crippen molar-refractivity contribution in [2.45, 2.75) is 51.9 Å². The summed E-state index contributed by atoms with van der Waals surface area (Å²) < 4.78 is 12.0. The van der Waals surface area contributed by atoms with Gasteiger partial charge in [-0.1, -0.05) is 36.3 Å². The van der Waals surface area contributed by atoms with Crippen molar-refractivity contribution in [1.29, 1.82) is 0 Å². The maximum atomic E-state index is 8.46. The molecule has 6 heteroatoms. The molecule has 0 radical (unpaired) electrons. The Bertz CT molecular complexity index is 520. The van der Waals surface area contributed by atoms with Crippen LogP contribution in [0.2, 0.25) is 0 Å². The van der Waals surface area contributed by atoms with Gasteiger partial charge in [0.15, 0.2) is 0 Å². The van der Waals surface area contributed by atoms with E-state index in [0.29, 0.717) is 0 Å². The van der Waals surface area contributed by atoms with Crippen LogP contribution in [0.15, 0.2) is 29.4 Å². The molecule has 106 valence electrons. The molecule has 20 heavy (non-hydrogen) atoms. The van der Waals surface area contributed by atoms with Gasteiger partial charge in [-0.2, -0.15) is 0 Å². The number of benzene rings is 1. The van der Waals surface area contributed by atoms with Crippen LogP contribution in [0.5, 0.6) is 0 Å². The number of hydrogen-bond donors (Lipinski definition) is 0. The molecule has 5 nitrogen and oxygen atoms in total. The Labute approximate surface area is 120 Å². The van der Waals surface area contributed by atoms with Gasteiger partial charge in [-0.25, -0.2) is 0 Å². The van der Waals surface area contributed by atoms with Crippen LogP contribution in [0.1, 0.15) is 46.2 Å². The summed E-state index contributed by atoms with van der Waals surface area (Å²) in [5, 5.41) is 3.69. The summed E-state index contributed by atoms with van der Waals surface area (Å²) in [6.45, 7) is 10.00. The van der Waals surface area contributed by atoms with E-state index in [1.165, 1.54) is 0 Å². The Morgan fingerprint density at radius 1 is 1.10 bits per heavy atom. The monoisotopic (exact) mass is 273 g/mol. The maximum Gasteiger partial charge on any atom is 0.494 e. The minimum Gasteiger partial charge on any atom is -0.399 e. The SMILES string of the molecule is C[C@H](N=[N+]=[N-])c1ccc(B2OC(C)(C)C(C)(C)O2)cc1. The molecule has 0 unspecified atom stereocenters. The van der Waals surface area contributed by atoms with Crippen molar-refractivity contribution in [3.63, 3.8) is 0 Å². The Hall–Kier alpha value is -1.49. The lowest BCUT2D eigenvalue weighted by atomic mass is 9.78. The maximum absolute atomic E-state index is 8.46. The van der Waals surface area contributed by atoms with E-state index in [0.717, 1.165) is 11.0 Å². The molecule has 0 aromatic heterocycles. The molecule has 2 rings (SSSR count). The summed E-state index contributed by atoms with van der Waals surface area (Å²) in [4.78, 5) is 2.83. The molecule has 0 spiro atoms. The second-order valence-electron chi connectivity index (χ2n) is 6.14. The van der Waals surface area contributed by atoms with E-state index >= 15 is 0 Å². The van der Waals surface area contributed by atoms with Crippen molar-refractivity contribution in [3.8, 4) is 0 Å². The van der Waals surface area contributed by atoms with E-state index in [2.05, 4.69) is 10.0 Å². The lowest BCUT2D eigenvalue weighted by Gasteiger charge is -2.32. The third kappa shape index (κ3) is 2.68. The highest BCUT2D eigenvalue weighted by Gasteiger charge is 2.51. The second kappa shape index (κ2) is 5.13. The molecule has 0 N–H and O–H groups in total. The lowest BCUT2D eigenvalue weighted by molar-refractivity contribution is 0.00578. The van der Waals surface area contributed by atoms with Crippen molar-refractivity contribution < 1.29 is 9.31 Å². The Morgan fingerprint density at radius 2 is 1.60 bits per heavy atom. The van der Waals surface area contributed by atoms with E-state index in [1.54, 1.807) is 0 Å². The molecule has 1 atom stereocenters. The fourth-order valence-electron chi connectivity index (χ4n) is 2.05. The topological polar surface area (TPSA) is 67.2 Å². The molecule has 0 saturated carbocycles. The van der Waals surface area contributed by atoms with Gasteiger partial charge >= 0.3 is 7.12 Å². The van der Waals surface area contributed by atoms with Gasteiger partial charge in [0.1, 0.15) is 0 Å². The minimum absolute atomic E-state index is 0.174. The largest absolute Gasteiger partial charge is 0.494 e. The van der Waals surface area contributed by atoms with E-state index < -0.39 is 0 Å². The average Bonchev–Trinajstić information content (AvgIpc) is 2.59. The molecule has 0 aliphatic carbocycles. The summed E-state index contributed by atoms with van der Waals surface area (Å²) >= 11 is 0. The predicted molar refractivity (Wildman–Crippen MR) is 79.7 cm³/mol. The average molecular weight is 273 g/mol. The fourth-order valence-corrected chi connectivity index (χ4v) is 2.05. The van der Waals surface area contributed by atoms with Crippen LogP contribution in [-0.4, -0.2) is 18.3 Å². The first-order chi connectivity index (χ1) is 9.27. The van der Waals surface area contributed by atoms with Crippen LogP contribution in [-0.2, 0) is 9.31 Å². The molecule has 1 heterocycles. The van der Waals surface area contributed by atoms with Crippen molar-refractivity contribution >= 4 is 12.6 Å². The summed E-state index contributed by atoms with van der Waals surface area (Å²) in [5.41, 5.74) is 9.73. The second-order valence-corrected chi connectivity index (χ2v) is 6.14.